The summed E-state index contributed by atoms with van der Waals surface area (Å²) >= 11 is 0. The standard InChI is InChI=1S/C50H46BFN2/c1-49(2,3)35-30-36(50(4,5)6)32-39(31-35)54-43-23-14-21-41(34-18-11-8-12-19-34)47(43)51-46-40(33-16-9-7-10-17-33)20-13-22-42(46)53(38-28-26-37(52)27-29-38)44-24-15-25-45(54)48(44)51/h7-29,31-32,35H,30H2,1-6H3. The summed E-state index contributed by atoms with van der Waals surface area (Å²) in [5, 5.41) is 0. The van der Waals surface area contributed by atoms with Crippen LogP contribution in [0.5, 0.6) is 0 Å². The second-order valence-electron chi connectivity index (χ2n) is 17.2. The van der Waals surface area contributed by atoms with E-state index in [9.17, 15) is 4.39 Å². The van der Waals surface area contributed by atoms with E-state index in [0.717, 1.165) is 23.5 Å². The number of halogens is 1. The molecule has 2 nitrogen and oxygen atoms in total. The maximum Gasteiger partial charge on any atom is 0.253 e. The van der Waals surface area contributed by atoms with E-state index in [1.165, 1.54) is 61.3 Å². The fraction of sp³-hybridized carbons (Fsp3) is 0.200. The van der Waals surface area contributed by atoms with Crippen LogP contribution < -0.4 is 26.2 Å². The van der Waals surface area contributed by atoms with Crippen molar-refractivity contribution in [3.05, 3.63) is 169 Å². The third-order valence-corrected chi connectivity index (χ3v) is 11.8. The minimum absolute atomic E-state index is 0.0229. The molecule has 1 atom stereocenters. The first-order valence-electron chi connectivity index (χ1n) is 19.3. The predicted octanol–water partition coefficient (Wildman–Crippen LogP) is 11.8. The molecule has 1 unspecified atom stereocenters. The fourth-order valence-corrected chi connectivity index (χ4v) is 8.91. The third kappa shape index (κ3) is 5.62. The van der Waals surface area contributed by atoms with E-state index in [-0.39, 0.29) is 23.4 Å². The summed E-state index contributed by atoms with van der Waals surface area (Å²) in [6, 6.07) is 49.0. The molecule has 0 N–H and O–H groups in total. The molecule has 6 aromatic carbocycles. The number of fused-ring (bicyclic) bond motifs is 4. The van der Waals surface area contributed by atoms with Crippen molar-refractivity contribution in [2.24, 2.45) is 16.7 Å². The van der Waals surface area contributed by atoms with Crippen LogP contribution in [0.15, 0.2) is 163 Å². The van der Waals surface area contributed by atoms with Crippen LogP contribution >= 0.6 is 0 Å². The Labute approximate surface area is 320 Å². The van der Waals surface area contributed by atoms with E-state index >= 15 is 0 Å². The van der Waals surface area contributed by atoms with Gasteiger partial charge in [0.05, 0.1) is 0 Å². The highest BCUT2D eigenvalue weighted by Gasteiger charge is 2.46. The minimum atomic E-state index is -0.242. The Hall–Kier alpha value is -5.61. The molecule has 0 amide bonds. The SMILES string of the molecule is CC(C)(C)C1=CC(N2c3cccc(-c4ccccc4)c3B3c4c(-c5ccccc5)cccc4N(c4ccc(F)cc4)c4cccc2c43)=CC(C(C)(C)C)C1. The molecule has 2 heterocycles. The van der Waals surface area contributed by atoms with E-state index < -0.39 is 0 Å². The minimum Gasteiger partial charge on any atom is -0.312 e. The molecule has 9 rings (SSSR count). The van der Waals surface area contributed by atoms with E-state index in [1.807, 2.05) is 12.1 Å². The molecule has 1 aliphatic carbocycles. The highest BCUT2D eigenvalue weighted by Crippen LogP contribution is 2.48. The molecule has 266 valence electrons. The number of nitrogens with zero attached hydrogens (tertiary/aromatic N) is 2. The van der Waals surface area contributed by atoms with Crippen LogP contribution in [0.1, 0.15) is 48.0 Å². The van der Waals surface area contributed by atoms with Crippen LogP contribution in [-0.2, 0) is 0 Å². The van der Waals surface area contributed by atoms with Gasteiger partial charge in [0.15, 0.2) is 0 Å². The van der Waals surface area contributed by atoms with Gasteiger partial charge in [-0.3, -0.25) is 0 Å². The number of anilines is 5. The summed E-state index contributed by atoms with van der Waals surface area (Å²) < 4.78 is 14.5. The predicted molar refractivity (Wildman–Crippen MR) is 228 cm³/mol. The third-order valence-electron chi connectivity index (χ3n) is 11.8. The molecule has 54 heavy (non-hydrogen) atoms. The van der Waals surface area contributed by atoms with Gasteiger partial charge < -0.3 is 9.80 Å². The second kappa shape index (κ2) is 12.8. The second-order valence-corrected chi connectivity index (χ2v) is 17.2. The van der Waals surface area contributed by atoms with Crippen LogP contribution in [0.4, 0.5) is 32.8 Å². The Morgan fingerprint density at radius 3 is 1.54 bits per heavy atom. The fourth-order valence-electron chi connectivity index (χ4n) is 8.91. The smallest absolute Gasteiger partial charge is 0.253 e. The van der Waals surface area contributed by atoms with Crippen molar-refractivity contribution in [3.8, 4) is 22.3 Å². The Balaban J connectivity index is 1.42. The maximum atomic E-state index is 14.5. The Morgan fingerprint density at radius 1 is 0.537 bits per heavy atom. The molecule has 0 saturated carbocycles. The van der Waals surface area contributed by atoms with Crippen molar-refractivity contribution < 1.29 is 4.39 Å². The first-order valence-corrected chi connectivity index (χ1v) is 19.3. The van der Waals surface area contributed by atoms with Gasteiger partial charge in [-0.25, -0.2) is 4.39 Å². The first-order chi connectivity index (χ1) is 26.0. The van der Waals surface area contributed by atoms with E-state index in [1.54, 1.807) is 12.1 Å². The topological polar surface area (TPSA) is 6.48 Å². The van der Waals surface area contributed by atoms with Crippen LogP contribution in [0.3, 0.4) is 0 Å². The molecular weight excluding hydrogens is 658 g/mol. The highest BCUT2D eigenvalue weighted by atomic mass is 19.1. The zero-order chi connectivity index (χ0) is 37.4. The summed E-state index contributed by atoms with van der Waals surface area (Å²) in [7, 11) is 0. The lowest BCUT2D eigenvalue weighted by molar-refractivity contribution is 0.273. The summed E-state index contributed by atoms with van der Waals surface area (Å²) in [5.74, 6) is 0.125. The molecule has 4 heteroatoms. The zero-order valence-corrected chi connectivity index (χ0v) is 32.1. The van der Waals surface area contributed by atoms with Gasteiger partial charge in [0.1, 0.15) is 5.82 Å². The molecule has 0 aromatic heterocycles. The number of hydrogen-bond acceptors (Lipinski definition) is 2. The van der Waals surface area contributed by atoms with Crippen molar-refractivity contribution in [1.82, 2.24) is 0 Å². The summed E-state index contributed by atoms with van der Waals surface area (Å²) in [5.41, 5.74) is 17.0. The van der Waals surface area contributed by atoms with Gasteiger partial charge in [-0.05, 0) is 116 Å². The summed E-state index contributed by atoms with van der Waals surface area (Å²) in [6.07, 6.45) is 6.06. The molecule has 2 aliphatic heterocycles. The lowest BCUT2D eigenvalue weighted by Crippen LogP contribution is -2.62. The molecular formula is C50H46BFN2. The normalized spacial score (nSPS) is 16.3. The lowest BCUT2D eigenvalue weighted by atomic mass is 9.32. The summed E-state index contributed by atoms with van der Waals surface area (Å²) in [4.78, 5) is 4.91. The van der Waals surface area contributed by atoms with Crippen molar-refractivity contribution in [1.29, 1.82) is 0 Å². The van der Waals surface area contributed by atoms with Crippen LogP contribution in [0.25, 0.3) is 22.3 Å². The van der Waals surface area contributed by atoms with Crippen molar-refractivity contribution in [3.63, 3.8) is 0 Å². The van der Waals surface area contributed by atoms with Gasteiger partial charge in [0.2, 0.25) is 0 Å². The largest absolute Gasteiger partial charge is 0.312 e. The summed E-state index contributed by atoms with van der Waals surface area (Å²) in [6.45, 7) is 14.1. The van der Waals surface area contributed by atoms with Gasteiger partial charge >= 0.3 is 0 Å². The molecule has 0 fully saturated rings. The number of benzene rings is 6. The van der Waals surface area contributed by atoms with E-state index in [0.29, 0.717) is 5.92 Å². The van der Waals surface area contributed by atoms with Crippen molar-refractivity contribution in [2.75, 3.05) is 9.80 Å². The van der Waals surface area contributed by atoms with Gasteiger partial charge in [0.25, 0.3) is 6.71 Å². The monoisotopic (exact) mass is 704 g/mol. The average Bonchev–Trinajstić information content (AvgIpc) is 3.17. The van der Waals surface area contributed by atoms with E-state index in [2.05, 4.69) is 179 Å². The molecule has 0 spiro atoms. The quantitative estimate of drug-likeness (QED) is 0.168. The Bertz CT molecular complexity index is 2450. The van der Waals surface area contributed by atoms with Gasteiger partial charge in [0, 0.05) is 34.1 Å². The molecule has 6 aromatic rings. The molecule has 3 aliphatic rings. The van der Waals surface area contributed by atoms with Crippen LogP contribution in [-0.4, -0.2) is 6.71 Å². The Kier molecular flexibility index (Phi) is 8.08. The van der Waals surface area contributed by atoms with Gasteiger partial charge in [-0.1, -0.05) is 144 Å². The zero-order valence-electron chi connectivity index (χ0n) is 32.1. The molecule has 0 bridgehead atoms. The average molecular weight is 705 g/mol. The van der Waals surface area contributed by atoms with Gasteiger partial charge in [-0.15, -0.1) is 0 Å². The number of hydrogen-bond donors (Lipinski definition) is 0. The van der Waals surface area contributed by atoms with Crippen molar-refractivity contribution in [2.45, 2.75) is 48.0 Å². The molecule has 0 radical (unpaired) electrons. The van der Waals surface area contributed by atoms with Gasteiger partial charge in [-0.2, -0.15) is 0 Å². The van der Waals surface area contributed by atoms with E-state index in [4.69, 9.17) is 0 Å². The van der Waals surface area contributed by atoms with Crippen molar-refractivity contribution >= 4 is 51.5 Å². The maximum absolute atomic E-state index is 14.5. The first kappa shape index (κ1) is 34.2. The lowest BCUT2D eigenvalue weighted by Gasteiger charge is -2.46. The number of rotatable bonds is 4. The van der Waals surface area contributed by atoms with Crippen LogP contribution in [0, 0.1) is 22.6 Å². The Morgan fingerprint density at radius 2 is 1.02 bits per heavy atom. The number of allylic oxidation sites excluding steroid dienone is 3. The highest BCUT2D eigenvalue weighted by molar-refractivity contribution is 7.01. The molecule has 0 saturated heterocycles. The van der Waals surface area contributed by atoms with Crippen LogP contribution in [0.2, 0.25) is 0 Å².